The predicted octanol–water partition coefficient (Wildman–Crippen LogP) is 7.07. The Bertz CT molecular complexity index is 1750. The van der Waals surface area contributed by atoms with Crippen molar-refractivity contribution in [2.75, 3.05) is 10.7 Å². The average Bonchev–Trinajstić information content (AvgIpc) is 3.63. The monoisotopic (exact) mass is 673 g/mol. The molecule has 0 bridgehead atoms. The molecular formula is C30H27ClF3N7O2S2. The normalized spacial score (nSPS) is 15.0. The molecule has 1 aliphatic heterocycles. The number of hydrazine groups is 1. The van der Waals surface area contributed by atoms with E-state index in [1.54, 1.807) is 6.07 Å². The highest BCUT2D eigenvalue weighted by molar-refractivity contribution is 8.15. The highest BCUT2D eigenvalue weighted by Gasteiger charge is 2.33. The summed E-state index contributed by atoms with van der Waals surface area (Å²) in [6, 6.07) is 16.5. The molecule has 0 aliphatic carbocycles. The first-order valence-electron chi connectivity index (χ1n) is 13.7. The smallest absolute Gasteiger partial charge is 0.406 e. The van der Waals surface area contributed by atoms with Crippen LogP contribution in [-0.4, -0.2) is 43.1 Å². The van der Waals surface area contributed by atoms with E-state index in [4.69, 9.17) is 23.8 Å². The lowest BCUT2D eigenvalue weighted by molar-refractivity contribution is -0.274. The zero-order valence-corrected chi connectivity index (χ0v) is 26.6. The highest BCUT2D eigenvalue weighted by atomic mass is 35.5. The summed E-state index contributed by atoms with van der Waals surface area (Å²) < 4.78 is 42.7. The molecule has 1 aromatic heterocycles. The number of carbonyl (C=O) groups is 1. The maximum absolute atomic E-state index is 12.8. The summed E-state index contributed by atoms with van der Waals surface area (Å²) in [4.78, 5) is 23.1. The van der Waals surface area contributed by atoms with Gasteiger partial charge in [0, 0.05) is 5.56 Å². The van der Waals surface area contributed by atoms with Gasteiger partial charge in [0.05, 0.1) is 28.2 Å². The fourth-order valence-electron chi connectivity index (χ4n) is 4.58. The maximum Gasteiger partial charge on any atom is 0.573 e. The van der Waals surface area contributed by atoms with Gasteiger partial charge in [-0.05, 0) is 79.5 Å². The molecule has 234 valence electrons. The second kappa shape index (κ2) is 13.6. The molecule has 3 aromatic carbocycles. The number of carbonyl (C=O) groups excluding carboxylic acids is 1. The van der Waals surface area contributed by atoms with Crippen LogP contribution in [0.5, 0.6) is 5.75 Å². The predicted molar refractivity (Wildman–Crippen MR) is 174 cm³/mol. The average molecular weight is 674 g/mol. The van der Waals surface area contributed by atoms with E-state index in [1.165, 1.54) is 51.9 Å². The van der Waals surface area contributed by atoms with Crippen molar-refractivity contribution in [1.82, 2.24) is 25.6 Å². The van der Waals surface area contributed by atoms with Crippen LogP contribution < -0.4 is 20.5 Å². The Labute approximate surface area is 271 Å². The van der Waals surface area contributed by atoms with Crippen molar-refractivity contribution >= 4 is 57.5 Å². The van der Waals surface area contributed by atoms with Gasteiger partial charge in [0.1, 0.15) is 12.1 Å². The molecule has 0 radical (unpaired) electrons. The summed E-state index contributed by atoms with van der Waals surface area (Å²) in [5.41, 5.74) is 11.0. The number of hydrogen-bond donors (Lipinski definition) is 2. The second-order valence-electron chi connectivity index (χ2n) is 9.96. The molecule has 1 atom stereocenters. The van der Waals surface area contributed by atoms with Gasteiger partial charge in [-0.2, -0.15) is 4.99 Å². The largest absolute Gasteiger partial charge is 0.573 e. The van der Waals surface area contributed by atoms with Gasteiger partial charge >= 0.3 is 6.36 Å². The quantitative estimate of drug-likeness (QED) is 0.152. The van der Waals surface area contributed by atoms with Crippen LogP contribution in [0.25, 0.3) is 17.1 Å². The van der Waals surface area contributed by atoms with E-state index in [0.717, 1.165) is 28.7 Å². The van der Waals surface area contributed by atoms with Crippen LogP contribution in [-0.2, 0) is 4.79 Å². The lowest BCUT2D eigenvalue weighted by Gasteiger charge is -2.22. The van der Waals surface area contributed by atoms with Gasteiger partial charge in [0.25, 0.3) is 0 Å². The Kier molecular flexibility index (Phi) is 9.77. The van der Waals surface area contributed by atoms with E-state index in [9.17, 15) is 18.0 Å². The van der Waals surface area contributed by atoms with Gasteiger partial charge < -0.3 is 4.74 Å². The fraction of sp³-hybridized carbons (Fsp3) is 0.233. The number of rotatable bonds is 8. The van der Waals surface area contributed by atoms with E-state index in [0.29, 0.717) is 27.4 Å². The van der Waals surface area contributed by atoms with Crippen LogP contribution in [0.2, 0.25) is 5.02 Å². The molecule has 0 spiro atoms. The molecule has 9 nitrogen and oxygen atoms in total. The second-order valence-corrected chi connectivity index (χ2v) is 11.7. The van der Waals surface area contributed by atoms with E-state index in [1.807, 2.05) is 51.1 Å². The number of hydrogen-bond acceptors (Lipinski definition) is 7. The lowest BCUT2D eigenvalue weighted by Crippen LogP contribution is -2.39. The highest BCUT2D eigenvalue weighted by Crippen LogP contribution is 2.36. The number of benzene rings is 3. The zero-order valence-electron chi connectivity index (χ0n) is 24.2. The summed E-state index contributed by atoms with van der Waals surface area (Å²) >= 11 is 13.2. The number of thioether (sulfide) groups is 1. The summed E-state index contributed by atoms with van der Waals surface area (Å²) in [6.07, 6.45) is -2.55. The molecule has 45 heavy (non-hydrogen) atoms. The van der Waals surface area contributed by atoms with Gasteiger partial charge in [-0.3, -0.25) is 15.1 Å². The Hall–Kier alpha value is -3.98. The van der Waals surface area contributed by atoms with E-state index < -0.39 is 6.36 Å². The summed E-state index contributed by atoms with van der Waals surface area (Å²) in [6.45, 7) is 5.89. The number of aryl methyl sites for hydroxylation is 1. The first-order chi connectivity index (χ1) is 21.4. The summed E-state index contributed by atoms with van der Waals surface area (Å²) in [5, 5.41) is 5.53. The minimum Gasteiger partial charge on any atom is -0.406 e. The van der Waals surface area contributed by atoms with Crippen molar-refractivity contribution in [1.29, 1.82) is 0 Å². The first-order valence-corrected chi connectivity index (χ1v) is 15.4. The van der Waals surface area contributed by atoms with Gasteiger partial charge in [-0.15, -0.1) is 18.3 Å². The number of nitrogens with one attached hydrogen (secondary N) is 2. The van der Waals surface area contributed by atoms with Crippen LogP contribution in [0, 0.1) is 13.8 Å². The molecule has 2 N–H and O–H groups in total. The lowest BCUT2D eigenvalue weighted by atomic mass is 10.0. The standard InChI is InChI=1S/C30H27ClF3N7O2S2/c1-4-24(37-38-28(44)36-29-41(25(42)15-45-29)26-18(3)17(2)5-14-23(26)31)19-6-8-20(9-7-19)27-35-16-40(39-27)21-10-12-22(13-11-21)43-30(32,33)34/h5-14,16,24,37H,4,15H2,1-3H3,(H,38,44). The minimum absolute atomic E-state index is 0.121. The molecule has 15 heteroatoms. The van der Waals surface area contributed by atoms with Crippen molar-refractivity contribution < 1.29 is 22.7 Å². The van der Waals surface area contributed by atoms with Crippen LogP contribution in [0.3, 0.4) is 0 Å². The number of ether oxygens (including phenoxy) is 1. The summed E-state index contributed by atoms with van der Waals surface area (Å²) in [5.74, 6) is 0.245. The molecule has 5 rings (SSSR count). The number of aliphatic imine (C=N–C) groups is 1. The van der Waals surface area contributed by atoms with Crippen LogP contribution in [0.4, 0.5) is 18.9 Å². The first kappa shape index (κ1) is 32.4. The number of anilines is 1. The van der Waals surface area contributed by atoms with Crippen LogP contribution in [0.15, 0.2) is 72.0 Å². The minimum atomic E-state index is -4.76. The van der Waals surface area contributed by atoms with Crippen LogP contribution in [0.1, 0.15) is 36.1 Å². The Morgan fingerprint density at radius 1 is 1.13 bits per heavy atom. The maximum atomic E-state index is 12.8. The van der Waals surface area contributed by atoms with Crippen molar-refractivity contribution in [3.8, 4) is 22.8 Å². The zero-order chi connectivity index (χ0) is 32.3. The Balaban J connectivity index is 1.23. The van der Waals surface area contributed by atoms with E-state index >= 15 is 0 Å². The molecule has 4 aromatic rings. The SMILES string of the molecule is CCC(NNC(=S)N=C1SCC(=O)N1c1c(Cl)ccc(C)c1C)c1ccc(-c2ncn(-c3ccc(OC(F)(F)F)cc3)n2)cc1. The molecule has 1 fully saturated rings. The molecule has 0 saturated carbocycles. The summed E-state index contributed by atoms with van der Waals surface area (Å²) in [7, 11) is 0. The van der Waals surface area contributed by atoms with Gasteiger partial charge in [-0.25, -0.2) is 15.1 Å². The van der Waals surface area contributed by atoms with E-state index in [-0.39, 0.29) is 28.6 Å². The van der Waals surface area contributed by atoms with Crippen molar-refractivity contribution in [3.05, 3.63) is 88.7 Å². The molecule has 1 aliphatic rings. The molecule has 1 saturated heterocycles. The molecular weight excluding hydrogens is 647 g/mol. The van der Waals surface area contributed by atoms with Crippen molar-refractivity contribution in [3.63, 3.8) is 0 Å². The third-order valence-electron chi connectivity index (χ3n) is 7.00. The number of thiocarbonyl (C=S) groups is 1. The van der Waals surface area contributed by atoms with Crippen LogP contribution >= 0.6 is 35.6 Å². The van der Waals surface area contributed by atoms with Crippen molar-refractivity contribution in [2.24, 2.45) is 4.99 Å². The third-order valence-corrected chi connectivity index (χ3v) is 8.42. The molecule has 1 amide bonds. The van der Waals surface area contributed by atoms with Gasteiger partial charge in [-0.1, -0.05) is 60.6 Å². The van der Waals surface area contributed by atoms with E-state index in [2.05, 4.69) is 30.7 Å². The number of nitrogens with zero attached hydrogens (tertiary/aromatic N) is 5. The number of amides is 1. The topological polar surface area (TPSA) is 96.7 Å². The number of aromatic nitrogens is 3. The molecule has 2 heterocycles. The number of halogens is 4. The van der Waals surface area contributed by atoms with Gasteiger partial charge in [0.15, 0.2) is 11.0 Å². The number of alkyl halides is 3. The fourth-order valence-corrected chi connectivity index (χ4v) is 5.93. The Morgan fingerprint density at radius 2 is 1.84 bits per heavy atom. The van der Waals surface area contributed by atoms with Gasteiger partial charge in [0.2, 0.25) is 11.0 Å². The number of amidine groups is 1. The van der Waals surface area contributed by atoms with Crippen molar-refractivity contribution in [2.45, 2.75) is 39.6 Å². The third kappa shape index (κ3) is 7.64. The Morgan fingerprint density at radius 3 is 2.51 bits per heavy atom. The molecule has 1 unspecified atom stereocenters.